The maximum Gasteiger partial charge on any atom is 0.270 e. The number of phenols is 1. The van der Waals surface area contributed by atoms with Crippen LogP contribution in [0.5, 0.6) is 5.75 Å². The van der Waals surface area contributed by atoms with Gasteiger partial charge in [0, 0.05) is 25.4 Å². The van der Waals surface area contributed by atoms with E-state index in [0.29, 0.717) is 22.8 Å². The molecule has 0 aliphatic heterocycles. The molecule has 0 saturated heterocycles. The summed E-state index contributed by atoms with van der Waals surface area (Å²) in [7, 11) is 1.72. The van der Waals surface area contributed by atoms with Gasteiger partial charge < -0.3 is 14.6 Å². The van der Waals surface area contributed by atoms with Crippen LogP contribution in [0.15, 0.2) is 36.5 Å². The van der Waals surface area contributed by atoms with E-state index >= 15 is 0 Å². The molecule has 1 aromatic carbocycles. The van der Waals surface area contributed by atoms with Crippen LogP contribution in [0.25, 0.3) is 0 Å². The van der Waals surface area contributed by atoms with E-state index in [4.69, 9.17) is 11.6 Å². The van der Waals surface area contributed by atoms with Gasteiger partial charge in [-0.3, -0.25) is 4.79 Å². The third-order valence-corrected chi connectivity index (χ3v) is 3.92. The molecule has 0 aliphatic rings. The van der Waals surface area contributed by atoms with E-state index in [1.54, 1.807) is 36.3 Å². The SMILES string of the molecule is CCn1cc(Cl)cc1C(=O)N(C)C(C)c1ccccc1O. The van der Waals surface area contributed by atoms with E-state index in [0.717, 1.165) is 0 Å². The van der Waals surface area contributed by atoms with Crippen LogP contribution in [-0.4, -0.2) is 27.5 Å². The average molecular weight is 307 g/mol. The second-order valence-corrected chi connectivity index (χ2v) is 5.42. The van der Waals surface area contributed by atoms with Crippen molar-refractivity contribution >= 4 is 17.5 Å². The normalized spacial score (nSPS) is 12.2. The van der Waals surface area contributed by atoms with Gasteiger partial charge in [0.05, 0.1) is 11.1 Å². The molecule has 1 amide bonds. The molecular weight excluding hydrogens is 288 g/mol. The number of phenolic OH excluding ortho intramolecular Hbond substituents is 1. The fraction of sp³-hybridized carbons (Fsp3) is 0.312. The number of benzene rings is 1. The van der Waals surface area contributed by atoms with Crippen LogP contribution in [0, 0.1) is 0 Å². The lowest BCUT2D eigenvalue weighted by molar-refractivity contribution is 0.0730. The average Bonchev–Trinajstić information content (AvgIpc) is 2.86. The van der Waals surface area contributed by atoms with Gasteiger partial charge in [-0.1, -0.05) is 29.8 Å². The van der Waals surface area contributed by atoms with Gasteiger partial charge in [-0.25, -0.2) is 0 Å². The monoisotopic (exact) mass is 306 g/mol. The molecule has 0 saturated carbocycles. The molecule has 0 fully saturated rings. The number of para-hydroxylation sites is 1. The molecule has 21 heavy (non-hydrogen) atoms. The number of hydrogen-bond donors (Lipinski definition) is 1. The van der Waals surface area contributed by atoms with E-state index in [2.05, 4.69) is 0 Å². The van der Waals surface area contributed by atoms with Gasteiger partial charge in [0.15, 0.2) is 0 Å². The summed E-state index contributed by atoms with van der Waals surface area (Å²) >= 11 is 5.98. The quantitative estimate of drug-likeness (QED) is 0.936. The number of halogens is 1. The van der Waals surface area contributed by atoms with Crippen molar-refractivity contribution in [3.8, 4) is 5.75 Å². The van der Waals surface area contributed by atoms with Crippen molar-refractivity contribution in [2.45, 2.75) is 26.4 Å². The third kappa shape index (κ3) is 3.05. The van der Waals surface area contributed by atoms with Crippen molar-refractivity contribution in [1.82, 2.24) is 9.47 Å². The first-order valence-corrected chi connectivity index (χ1v) is 7.24. The standard InChI is InChI=1S/C16H19ClN2O2/c1-4-19-10-12(17)9-14(19)16(21)18(3)11(2)13-7-5-6-8-15(13)20/h5-11,20H,4H2,1-3H3. The van der Waals surface area contributed by atoms with Gasteiger partial charge in [0.25, 0.3) is 5.91 Å². The molecule has 2 rings (SSSR count). The molecule has 1 heterocycles. The van der Waals surface area contributed by atoms with Crippen LogP contribution < -0.4 is 0 Å². The van der Waals surface area contributed by atoms with E-state index < -0.39 is 0 Å². The summed E-state index contributed by atoms with van der Waals surface area (Å²) < 4.78 is 1.82. The molecule has 0 bridgehead atoms. The molecule has 0 spiro atoms. The van der Waals surface area contributed by atoms with Crippen LogP contribution in [0.3, 0.4) is 0 Å². The zero-order valence-corrected chi connectivity index (χ0v) is 13.1. The number of aromatic hydroxyl groups is 1. The molecule has 0 aliphatic carbocycles. The summed E-state index contributed by atoms with van der Waals surface area (Å²) in [6.07, 6.45) is 1.74. The van der Waals surface area contributed by atoms with Crippen LogP contribution in [-0.2, 0) is 6.54 Å². The van der Waals surface area contributed by atoms with Gasteiger partial charge >= 0.3 is 0 Å². The first-order chi connectivity index (χ1) is 9.95. The number of hydrogen-bond acceptors (Lipinski definition) is 2. The first kappa shape index (κ1) is 15.4. The predicted molar refractivity (Wildman–Crippen MR) is 83.7 cm³/mol. The number of amides is 1. The summed E-state index contributed by atoms with van der Waals surface area (Å²) in [4.78, 5) is 14.2. The van der Waals surface area contributed by atoms with Gasteiger partial charge in [-0.15, -0.1) is 0 Å². The molecule has 0 radical (unpaired) electrons. The Morgan fingerprint density at radius 3 is 2.71 bits per heavy atom. The Morgan fingerprint density at radius 2 is 2.10 bits per heavy atom. The Balaban J connectivity index is 2.28. The Labute approximate surface area is 129 Å². The maximum absolute atomic E-state index is 12.6. The third-order valence-electron chi connectivity index (χ3n) is 3.71. The number of carbonyl (C=O) groups is 1. The van der Waals surface area contributed by atoms with Crippen molar-refractivity contribution in [1.29, 1.82) is 0 Å². The van der Waals surface area contributed by atoms with Gasteiger partial charge in [-0.2, -0.15) is 0 Å². The highest BCUT2D eigenvalue weighted by Gasteiger charge is 2.23. The van der Waals surface area contributed by atoms with Crippen LogP contribution in [0.1, 0.15) is 35.9 Å². The highest BCUT2D eigenvalue weighted by Crippen LogP contribution is 2.28. The zero-order valence-electron chi connectivity index (χ0n) is 12.4. The van der Waals surface area contributed by atoms with Crippen molar-refractivity contribution in [2.75, 3.05) is 7.05 Å². The highest BCUT2D eigenvalue weighted by atomic mass is 35.5. The Morgan fingerprint density at radius 1 is 1.43 bits per heavy atom. The van der Waals surface area contributed by atoms with Crippen molar-refractivity contribution in [3.63, 3.8) is 0 Å². The number of aryl methyl sites for hydroxylation is 1. The largest absolute Gasteiger partial charge is 0.508 e. The number of nitrogens with zero attached hydrogens (tertiary/aromatic N) is 2. The van der Waals surface area contributed by atoms with E-state index in [1.165, 1.54) is 0 Å². The molecular formula is C16H19ClN2O2. The topological polar surface area (TPSA) is 45.5 Å². The molecule has 1 atom stereocenters. The van der Waals surface area contributed by atoms with Gasteiger partial charge in [0.2, 0.25) is 0 Å². The van der Waals surface area contributed by atoms with Gasteiger partial charge in [-0.05, 0) is 26.0 Å². The molecule has 2 aromatic rings. The summed E-state index contributed by atoms with van der Waals surface area (Å²) in [5.41, 5.74) is 1.27. The first-order valence-electron chi connectivity index (χ1n) is 6.86. The lowest BCUT2D eigenvalue weighted by Crippen LogP contribution is -2.31. The lowest BCUT2D eigenvalue weighted by Gasteiger charge is -2.26. The van der Waals surface area contributed by atoms with Crippen molar-refractivity contribution in [3.05, 3.63) is 52.8 Å². The number of aromatic nitrogens is 1. The van der Waals surface area contributed by atoms with Gasteiger partial charge in [0.1, 0.15) is 11.4 Å². The van der Waals surface area contributed by atoms with Crippen LogP contribution in [0.4, 0.5) is 0 Å². The van der Waals surface area contributed by atoms with Crippen LogP contribution >= 0.6 is 11.6 Å². The maximum atomic E-state index is 12.6. The molecule has 4 nitrogen and oxygen atoms in total. The highest BCUT2D eigenvalue weighted by molar-refractivity contribution is 6.31. The minimum absolute atomic E-state index is 0.125. The van der Waals surface area contributed by atoms with E-state index in [1.807, 2.05) is 30.5 Å². The Bertz CT molecular complexity index is 651. The zero-order chi connectivity index (χ0) is 15.6. The second-order valence-electron chi connectivity index (χ2n) is 4.98. The Kier molecular flexibility index (Phi) is 4.58. The molecule has 1 unspecified atom stereocenters. The number of carbonyl (C=O) groups excluding carboxylic acids is 1. The lowest BCUT2D eigenvalue weighted by atomic mass is 10.1. The summed E-state index contributed by atoms with van der Waals surface area (Å²) in [6.45, 7) is 4.51. The fourth-order valence-electron chi connectivity index (χ4n) is 2.32. The molecule has 5 heteroatoms. The van der Waals surface area contributed by atoms with E-state index in [9.17, 15) is 9.90 Å². The molecule has 112 valence electrons. The molecule has 1 N–H and O–H groups in total. The second kappa shape index (κ2) is 6.22. The molecule has 1 aromatic heterocycles. The van der Waals surface area contributed by atoms with Crippen LogP contribution in [0.2, 0.25) is 5.02 Å². The minimum atomic E-state index is -0.238. The van der Waals surface area contributed by atoms with Crippen molar-refractivity contribution < 1.29 is 9.90 Å². The smallest absolute Gasteiger partial charge is 0.270 e. The summed E-state index contributed by atoms with van der Waals surface area (Å²) in [6, 6.07) is 8.47. The summed E-state index contributed by atoms with van der Waals surface area (Å²) in [5.74, 6) is 0.0630. The van der Waals surface area contributed by atoms with Crippen molar-refractivity contribution in [2.24, 2.45) is 0 Å². The Hall–Kier alpha value is -1.94. The minimum Gasteiger partial charge on any atom is -0.508 e. The van der Waals surface area contributed by atoms with E-state index in [-0.39, 0.29) is 17.7 Å². The fourth-order valence-corrected chi connectivity index (χ4v) is 2.54. The summed E-state index contributed by atoms with van der Waals surface area (Å²) in [5, 5.41) is 10.5. The predicted octanol–water partition coefficient (Wildman–Crippen LogP) is 3.70. The number of rotatable bonds is 4.